The van der Waals surface area contributed by atoms with E-state index >= 15 is 0 Å². The molecule has 1 fully saturated rings. The standard InChI is InChI=1S/C12H19NO/c1-9-7-14-8-12(9)10-4-2-3-5-11(13)6-10/h7-8,10-11H,2-6,13H2,1H3. The number of hydrogen-bond acceptors (Lipinski definition) is 2. The highest BCUT2D eigenvalue weighted by Gasteiger charge is 2.21. The van der Waals surface area contributed by atoms with Crippen LogP contribution in [-0.4, -0.2) is 6.04 Å². The molecule has 2 atom stereocenters. The van der Waals surface area contributed by atoms with Crippen molar-refractivity contribution in [2.45, 2.75) is 51.0 Å². The van der Waals surface area contributed by atoms with E-state index < -0.39 is 0 Å². The van der Waals surface area contributed by atoms with Crippen LogP contribution in [0.4, 0.5) is 0 Å². The van der Waals surface area contributed by atoms with E-state index in [1.165, 1.54) is 36.8 Å². The molecule has 0 saturated heterocycles. The van der Waals surface area contributed by atoms with E-state index in [0.717, 1.165) is 6.42 Å². The van der Waals surface area contributed by atoms with Crippen LogP contribution in [0.2, 0.25) is 0 Å². The average Bonchev–Trinajstić information content (AvgIpc) is 2.45. The van der Waals surface area contributed by atoms with Gasteiger partial charge in [-0.15, -0.1) is 0 Å². The highest BCUT2D eigenvalue weighted by atomic mass is 16.3. The third-order valence-electron chi connectivity index (χ3n) is 3.30. The summed E-state index contributed by atoms with van der Waals surface area (Å²) >= 11 is 0. The Morgan fingerprint density at radius 1 is 1.29 bits per heavy atom. The Balaban J connectivity index is 2.13. The second kappa shape index (κ2) is 4.18. The van der Waals surface area contributed by atoms with Gasteiger partial charge in [-0.3, -0.25) is 0 Å². The topological polar surface area (TPSA) is 39.2 Å². The maximum absolute atomic E-state index is 6.05. The predicted molar refractivity (Wildman–Crippen MR) is 57.2 cm³/mol. The summed E-state index contributed by atoms with van der Waals surface area (Å²) in [4.78, 5) is 0. The number of nitrogens with two attached hydrogens (primary N) is 1. The normalized spacial score (nSPS) is 28.7. The lowest BCUT2D eigenvalue weighted by Crippen LogP contribution is -2.20. The summed E-state index contributed by atoms with van der Waals surface area (Å²) in [5.74, 6) is 0.631. The molecule has 0 aromatic carbocycles. The molecule has 1 aliphatic rings. The molecule has 0 spiro atoms. The summed E-state index contributed by atoms with van der Waals surface area (Å²) in [6.45, 7) is 2.12. The Morgan fingerprint density at radius 3 is 2.79 bits per heavy atom. The van der Waals surface area contributed by atoms with Crippen LogP contribution in [0.5, 0.6) is 0 Å². The molecule has 1 saturated carbocycles. The van der Waals surface area contributed by atoms with Crippen molar-refractivity contribution < 1.29 is 4.42 Å². The average molecular weight is 193 g/mol. The van der Waals surface area contributed by atoms with Gasteiger partial charge in [0.25, 0.3) is 0 Å². The molecule has 2 N–H and O–H groups in total. The smallest absolute Gasteiger partial charge is 0.0940 e. The maximum Gasteiger partial charge on any atom is 0.0940 e. The van der Waals surface area contributed by atoms with Gasteiger partial charge in [-0.1, -0.05) is 12.8 Å². The first-order valence-electron chi connectivity index (χ1n) is 5.55. The van der Waals surface area contributed by atoms with Gasteiger partial charge in [0.1, 0.15) is 0 Å². The fourth-order valence-corrected chi connectivity index (χ4v) is 2.47. The van der Waals surface area contributed by atoms with E-state index in [9.17, 15) is 0 Å². The molecule has 0 bridgehead atoms. The molecule has 2 rings (SSSR count). The van der Waals surface area contributed by atoms with Gasteiger partial charge in [0.15, 0.2) is 0 Å². The summed E-state index contributed by atoms with van der Waals surface area (Å²) in [6, 6.07) is 0.386. The lowest BCUT2D eigenvalue weighted by Gasteiger charge is -2.16. The van der Waals surface area contributed by atoms with Crippen molar-refractivity contribution in [3.63, 3.8) is 0 Å². The van der Waals surface area contributed by atoms with Crippen LogP contribution in [0.3, 0.4) is 0 Å². The number of furan rings is 1. The van der Waals surface area contributed by atoms with Gasteiger partial charge in [0.05, 0.1) is 12.5 Å². The van der Waals surface area contributed by atoms with Gasteiger partial charge in [-0.05, 0) is 43.2 Å². The summed E-state index contributed by atoms with van der Waals surface area (Å²) in [7, 11) is 0. The van der Waals surface area contributed by atoms with E-state index in [-0.39, 0.29) is 0 Å². The molecule has 2 heteroatoms. The predicted octanol–water partition coefficient (Wildman–Crippen LogP) is 2.96. The van der Waals surface area contributed by atoms with Gasteiger partial charge in [-0.2, -0.15) is 0 Å². The zero-order valence-electron chi connectivity index (χ0n) is 8.83. The Hall–Kier alpha value is -0.760. The first-order chi connectivity index (χ1) is 6.77. The second-order valence-corrected chi connectivity index (χ2v) is 4.49. The fourth-order valence-electron chi connectivity index (χ4n) is 2.47. The molecule has 1 heterocycles. The molecular weight excluding hydrogens is 174 g/mol. The zero-order chi connectivity index (χ0) is 9.97. The Labute approximate surface area is 85.5 Å². The van der Waals surface area contributed by atoms with Crippen molar-refractivity contribution in [3.8, 4) is 0 Å². The lowest BCUT2D eigenvalue weighted by molar-refractivity contribution is 0.520. The van der Waals surface area contributed by atoms with E-state index in [4.69, 9.17) is 10.2 Å². The summed E-state index contributed by atoms with van der Waals surface area (Å²) < 4.78 is 5.23. The minimum atomic E-state index is 0.386. The minimum Gasteiger partial charge on any atom is -0.472 e. The molecule has 0 aliphatic heterocycles. The third kappa shape index (κ3) is 2.01. The third-order valence-corrected chi connectivity index (χ3v) is 3.30. The Kier molecular flexibility index (Phi) is 2.92. The van der Waals surface area contributed by atoms with Gasteiger partial charge in [0.2, 0.25) is 0 Å². The van der Waals surface area contributed by atoms with Crippen molar-refractivity contribution in [1.82, 2.24) is 0 Å². The van der Waals surface area contributed by atoms with Crippen molar-refractivity contribution in [3.05, 3.63) is 23.7 Å². The highest BCUT2D eigenvalue weighted by Crippen LogP contribution is 2.33. The lowest BCUT2D eigenvalue weighted by atomic mass is 9.90. The monoisotopic (exact) mass is 193 g/mol. The van der Waals surface area contributed by atoms with Gasteiger partial charge < -0.3 is 10.2 Å². The van der Waals surface area contributed by atoms with Gasteiger partial charge >= 0.3 is 0 Å². The second-order valence-electron chi connectivity index (χ2n) is 4.49. The van der Waals surface area contributed by atoms with Crippen molar-refractivity contribution in [2.24, 2.45) is 5.73 Å². The maximum atomic E-state index is 6.05. The van der Waals surface area contributed by atoms with Crippen LogP contribution in [0.25, 0.3) is 0 Å². The Morgan fingerprint density at radius 2 is 2.07 bits per heavy atom. The number of rotatable bonds is 1. The van der Waals surface area contributed by atoms with E-state index in [1.54, 1.807) is 0 Å². The largest absolute Gasteiger partial charge is 0.472 e. The van der Waals surface area contributed by atoms with E-state index in [0.29, 0.717) is 12.0 Å². The zero-order valence-corrected chi connectivity index (χ0v) is 8.83. The molecule has 0 amide bonds. The van der Waals surface area contributed by atoms with Crippen LogP contribution < -0.4 is 5.73 Å². The van der Waals surface area contributed by atoms with Gasteiger partial charge in [-0.25, -0.2) is 0 Å². The molecule has 78 valence electrons. The molecule has 1 aromatic heterocycles. The molecule has 2 unspecified atom stereocenters. The fraction of sp³-hybridized carbons (Fsp3) is 0.667. The van der Waals surface area contributed by atoms with Crippen molar-refractivity contribution in [1.29, 1.82) is 0 Å². The molecule has 14 heavy (non-hydrogen) atoms. The van der Waals surface area contributed by atoms with Crippen LogP contribution in [0.1, 0.15) is 49.1 Å². The van der Waals surface area contributed by atoms with Crippen LogP contribution >= 0.6 is 0 Å². The van der Waals surface area contributed by atoms with Crippen molar-refractivity contribution >= 4 is 0 Å². The summed E-state index contributed by atoms with van der Waals surface area (Å²) in [6.07, 6.45) is 9.92. The molecule has 2 nitrogen and oxygen atoms in total. The Bertz CT molecular complexity index is 292. The van der Waals surface area contributed by atoms with Gasteiger partial charge in [0, 0.05) is 6.04 Å². The summed E-state index contributed by atoms with van der Waals surface area (Å²) in [5.41, 5.74) is 8.71. The van der Waals surface area contributed by atoms with E-state index in [2.05, 4.69) is 6.92 Å². The highest BCUT2D eigenvalue weighted by molar-refractivity contribution is 5.24. The number of aryl methyl sites for hydroxylation is 1. The quantitative estimate of drug-likeness (QED) is 0.696. The SMILES string of the molecule is Cc1cocc1C1CCCCC(N)C1. The molecular formula is C12H19NO. The first kappa shape index (κ1) is 9.78. The van der Waals surface area contributed by atoms with Crippen molar-refractivity contribution in [2.75, 3.05) is 0 Å². The van der Waals surface area contributed by atoms with Crippen LogP contribution in [0.15, 0.2) is 16.9 Å². The molecule has 1 aliphatic carbocycles. The molecule has 0 radical (unpaired) electrons. The minimum absolute atomic E-state index is 0.386. The van der Waals surface area contributed by atoms with E-state index in [1.807, 2.05) is 12.5 Å². The molecule has 1 aromatic rings. The first-order valence-corrected chi connectivity index (χ1v) is 5.55. The number of hydrogen-bond donors (Lipinski definition) is 1. The summed E-state index contributed by atoms with van der Waals surface area (Å²) in [5, 5.41) is 0. The van der Waals surface area contributed by atoms with Crippen LogP contribution in [0, 0.1) is 6.92 Å². The van der Waals surface area contributed by atoms with Crippen LogP contribution in [-0.2, 0) is 0 Å².